The van der Waals surface area contributed by atoms with Crippen LogP contribution in [0.1, 0.15) is 31.9 Å². The zero-order valence-electron chi connectivity index (χ0n) is 9.41. The van der Waals surface area contributed by atoms with Gasteiger partial charge in [-0.2, -0.15) is 0 Å². The van der Waals surface area contributed by atoms with Crippen LogP contribution in [0.5, 0.6) is 0 Å². The summed E-state index contributed by atoms with van der Waals surface area (Å²) in [5.74, 6) is -0.124. The minimum absolute atomic E-state index is 0.124. The van der Waals surface area contributed by atoms with Crippen molar-refractivity contribution in [1.82, 2.24) is 4.98 Å². The number of esters is 1. The van der Waals surface area contributed by atoms with Crippen LogP contribution in [0, 0.1) is 0 Å². The molecule has 4 heteroatoms. The molecule has 0 aromatic carbocycles. The van der Waals surface area contributed by atoms with E-state index in [0.29, 0.717) is 18.1 Å². The molecule has 3 nitrogen and oxygen atoms in total. The van der Waals surface area contributed by atoms with Gasteiger partial charge in [0, 0.05) is 23.3 Å². The summed E-state index contributed by atoms with van der Waals surface area (Å²) in [6.45, 7) is 2.27. The van der Waals surface area contributed by atoms with Crippen LogP contribution in [0.25, 0.3) is 0 Å². The van der Waals surface area contributed by atoms with Crippen LogP contribution in [0.3, 0.4) is 0 Å². The molecule has 1 heterocycles. The van der Waals surface area contributed by atoms with Crippen molar-refractivity contribution in [1.29, 1.82) is 0 Å². The number of aryl methyl sites for hydroxylation is 1. The van der Waals surface area contributed by atoms with Gasteiger partial charge in [0.1, 0.15) is 0 Å². The second kappa shape index (κ2) is 7.23. The van der Waals surface area contributed by atoms with Gasteiger partial charge in [0.2, 0.25) is 0 Å². The molecule has 0 N–H and O–H groups in total. The molecule has 0 atom stereocenters. The second-order valence-corrected chi connectivity index (χ2v) is 3.91. The van der Waals surface area contributed by atoms with E-state index in [2.05, 4.69) is 4.98 Å². The fourth-order valence-electron chi connectivity index (χ4n) is 1.39. The minimum Gasteiger partial charge on any atom is -0.466 e. The highest BCUT2D eigenvalue weighted by molar-refractivity contribution is 6.30. The molecule has 0 saturated carbocycles. The molecule has 16 heavy (non-hydrogen) atoms. The van der Waals surface area contributed by atoms with Crippen LogP contribution >= 0.6 is 11.6 Å². The molecule has 1 aromatic rings. The fraction of sp³-hybridized carbons (Fsp3) is 0.500. The lowest BCUT2D eigenvalue weighted by molar-refractivity contribution is -0.143. The summed E-state index contributed by atoms with van der Waals surface area (Å²) in [5.41, 5.74) is 0.969. The fourth-order valence-corrected chi connectivity index (χ4v) is 1.58. The molecule has 0 amide bonds. The van der Waals surface area contributed by atoms with Crippen LogP contribution in [0.2, 0.25) is 5.02 Å². The van der Waals surface area contributed by atoms with E-state index in [4.69, 9.17) is 16.3 Å². The highest BCUT2D eigenvalue weighted by atomic mass is 35.5. The van der Waals surface area contributed by atoms with Gasteiger partial charge < -0.3 is 4.74 Å². The van der Waals surface area contributed by atoms with E-state index in [0.717, 1.165) is 25.0 Å². The Kier molecular flexibility index (Phi) is 5.86. The van der Waals surface area contributed by atoms with E-state index in [1.54, 1.807) is 12.3 Å². The van der Waals surface area contributed by atoms with Gasteiger partial charge >= 0.3 is 5.97 Å². The molecule has 0 spiro atoms. The van der Waals surface area contributed by atoms with Crippen LogP contribution in [0.4, 0.5) is 0 Å². The third kappa shape index (κ3) is 5.12. The maximum absolute atomic E-state index is 11.0. The Hall–Kier alpha value is -1.09. The van der Waals surface area contributed by atoms with E-state index in [1.807, 2.05) is 13.0 Å². The van der Waals surface area contributed by atoms with E-state index < -0.39 is 0 Å². The maximum Gasteiger partial charge on any atom is 0.305 e. The van der Waals surface area contributed by atoms with E-state index in [-0.39, 0.29) is 5.97 Å². The number of hydrogen-bond donors (Lipinski definition) is 0. The Labute approximate surface area is 101 Å². The summed E-state index contributed by atoms with van der Waals surface area (Å²) in [6, 6.07) is 3.61. The Balaban J connectivity index is 2.18. The summed E-state index contributed by atoms with van der Waals surface area (Å²) in [7, 11) is 0. The van der Waals surface area contributed by atoms with Gasteiger partial charge in [-0.1, -0.05) is 11.6 Å². The number of unbranched alkanes of at least 4 members (excludes halogenated alkanes) is 1. The van der Waals surface area contributed by atoms with Crippen molar-refractivity contribution >= 4 is 17.6 Å². The molecule has 1 rings (SSSR count). The van der Waals surface area contributed by atoms with Gasteiger partial charge in [-0.3, -0.25) is 9.78 Å². The summed E-state index contributed by atoms with van der Waals surface area (Å²) >= 11 is 5.84. The summed E-state index contributed by atoms with van der Waals surface area (Å²) < 4.78 is 4.84. The molecule has 0 radical (unpaired) electrons. The first-order valence-electron chi connectivity index (χ1n) is 5.48. The quantitative estimate of drug-likeness (QED) is 0.568. The topological polar surface area (TPSA) is 39.2 Å². The van der Waals surface area contributed by atoms with Crippen molar-refractivity contribution in [3.63, 3.8) is 0 Å². The van der Waals surface area contributed by atoms with E-state index in [1.165, 1.54) is 0 Å². The van der Waals surface area contributed by atoms with Gasteiger partial charge in [-0.05, 0) is 38.3 Å². The Morgan fingerprint density at radius 3 is 3.00 bits per heavy atom. The lowest BCUT2D eigenvalue weighted by Gasteiger charge is -2.02. The maximum atomic E-state index is 11.0. The van der Waals surface area contributed by atoms with Gasteiger partial charge in [0.15, 0.2) is 0 Å². The van der Waals surface area contributed by atoms with Gasteiger partial charge in [-0.25, -0.2) is 0 Å². The molecule has 88 valence electrons. The lowest BCUT2D eigenvalue weighted by atomic mass is 10.1. The standard InChI is InChI=1S/C12H16ClNO2/c1-2-16-12(15)6-4-3-5-11-9-10(13)7-8-14-11/h7-9H,2-6H2,1H3. The summed E-state index contributed by atoms with van der Waals surface area (Å²) in [6.07, 6.45) is 4.77. The van der Waals surface area contributed by atoms with Crippen molar-refractivity contribution in [2.24, 2.45) is 0 Å². The van der Waals surface area contributed by atoms with Crippen LogP contribution in [-0.4, -0.2) is 17.6 Å². The van der Waals surface area contributed by atoms with Crippen molar-refractivity contribution in [3.05, 3.63) is 29.0 Å². The normalized spacial score (nSPS) is 10.1. The highest BCUT2D eigenvalue weighted by Gasteiger charge is 2.01. The molecule has 0 fully saturated rings. The zero-order valence-corrected chi connectivity index (χ0v) is 10.2. The number of rotatable bonds is 6. The Morgan fingerprint density at radius 1 is 1.50 bits per heavy atom. The van der Waals surface area contributed by atoms with E-state index >= 15 is 0 Å². The van der Waals surface area contributed by atoms with Crippen molar-refractivity contribution in [3.8, 4) is 0 Å². The minimum atomic E-state index is -0.124. The third-order valence-electron chi connectivity index (χ3n) is 2.15. The van der Waals surface area contributed by atoms with Crippen LogP contribution in [-0.2, 0) is 16.0 Å². The number of ether oxygens (including phenoxy) is 1. The molecule has 0 aliphatic carbocycles. The smallest absolute Gasteiger partial charge is 0.305 e. The number of carbonyl (C=O) groups excluding carboxylic acids is 1. The molecular formula is C12H16ClNO2. The Bertz CT molecular complexity index is 342. The zero-order chi connectivity index (χ0) is 11.8. The largest absolute Gasteiger partial charge is 0.466 e. The van der Waals surface area contributed by atoms with Gasteiger partial charge in [0.25, 0.3) is 0 Å². The average molecular weight is 242 g/mol. The number of halogens is 1. The second-order valence-electron chi connectivity index (χ2n) is 3.48. The van der Waals surface area contributed by atoms with Crippen LogP contribution < -0.4 is 0 Å². The number of aromatic nitrogens is 1. The first kappa shape index (κ1) is 13.0. The molecule has 0 aliphatic heterocycles. The monoisotopic (exact) mass is 241 g/mol. The lowest BCUT2D eigenvalue weighted by Crippen LogP contribution is -2.03. The molecule has 0 saturated heterocycles. The first-order valence-corrected chi connectivity index (χ1v) is 5.86. The highest BCUT2D eigenvalue weighted by Crippen LogP contribution is 2.10. The van der Waals surface area contributed by atoms with Crippen molar-refractivity contribution in [2.45, 2.75) is 32.6 Å². The number of pyridine rings is 1. The van der Waals surface area contributed by atoms with Crippen LogP contribution in [0.15, 0.2) is 18.3 Å². The first-order chi connectivity index (χ1) is 7.72. The predicted octanol–water partition coefficient (Wildman–Crippen LogP) is 3.01. The number of carbonyl (C=O) groups is 1. The van der Waals surface area contributed by atoms with Gasteiger partial charge in [0.05, 0.1) is 6.61 Å². The van der Waals surface area contributed by atoms with Gasteiger partial charge in [-0.15, -0.1) is 0 Å². The number of hydrogen-bond acceptors (Lipinski definition) is 3. The molecular weight excluding hydrogens is 226 g/mol. The van der Waals surface area contributed by atoms with E-state index in [9.17, 15) is 4.79 Å². The summed E-state index contributed by atoms with van der Waals surface area (Å²) in [5, 5.41) is 0.704. The van der Waals surface area contributed by atoms with Crippen molar-refractivity contribution < 1.29 is 9.53 Å². The molecule has 0 aliphatic rings. The SMILES string of the molecule is CCOC(=O)CCCCc1cc(Cl)ccn1. The van der Waals surface area contributed by atoms with Crippen molar-refractivity contribution in [2.75, 3.05) is 6.61 Å². The predicted molar refractivity (Wildman–Crippen MR) is 63.4 cm³/mol. The molecule has 0 unspecified atom stereocenters. The Morgan fingerprint density at radius 2 is 2.31 bits per heavy atom. The molecule has 1 aromatic heterocycles. The third-order valence-corrected chi connectivity index (χ3v) is 2.38. The summed E-state index contributed by atoms with van der Waals surface area (Å²) in [4.78, 5) is 15.2. The molecule has 0 bridgehead atoms. The number of nitrogens with zero attached hydrogens (tertiary/aromatic N) is 1. The average Bonchev–Trinajstić information content (AvgIpc) is 2.25.